The van der Waals surface area contributed by atoms with Gasteiger partial charge in [-0.25, -0.2) is 4.68 Å². The predicted molar refractivity (Wildman–Crippen MR) is 76.3 cm³/mol. The van der Waals surface area contributed by atoms with Crippen LogP contribution in [0.25, 0.3) is 16.9 Å². The number of fused-ring (bicyclic) bond motifs is 3. The third kappa shape index (κ3) is 1.63. The Labute approximate surface area is 111 Å². The molecular formula is C16H13N3. The molecule has 0 spiro atoms. The molecule has 3 nitrogen and oxygen atoms in total. The SMILES string of the molecule is c1ccc(-n2cc3c(n2)-c2ccccc2NC3)cc1. The summed E-state index contributed by atoms with van der Waals surface area (Å²) >= 11 is 0. The molecule has 0 aliphatic carbocycles. The van der Waals surface area contributed by atoms with Gasteiger partial charge in [0.1, 0.15) is 0 Å². The average molecular weight is 247 g/mol. The van der Waals surface area contributed by atoms with Gasteiger partial charge in [-0.3, -0.25) is 0 Å². The van der Waals surface area contributed by atoms with E-state index in [4.69, 9.17) is 5.10 Å². The smallest absolute Gasteiger partial charge is 0.0998 e. The van der Waals surface area contributed by atoms with E-state index in [0.29, 0.717) is 0 Å². The first-order chi connectivity index (χ1) is 9.42. The number of anilines is 1. The minimum absolute atomic E-state index is 0.833. The van der Waals surface area contributed by atoms with Crippen LogP contribution in [0.2, 0.25) is 0 Å². The fraction of sp³-hybridized carbons (Fsp3) is 0.0625. The Bertz CT molecular complexity index is 729. The Morgan fingerprint density at radius 1 is 0.947 bits per heavy atom. The van der Waals surface area contributed by atoms with E-state index in [-0.39, 0.29) is 0 Å². The number of nitrogens with zero attached hydrogens (tertiary/aromatic N) is 2. The van der Waals surface area contributed by atoms with Gasteiger partial charge in [0.2, 0.25) is 0 Å². The number of nitrogens with one attached hydrogen (secondary N) is 1. The summed E-state index contributed by atoms with van der Waals surface area (Å²) in [6.07, 6.45) is 2.10. The van der Waals surface area contributed by atoms with Gasteiger partial charge >= 0.3 is 0 Å². The molecule has 0 unspecified atom stereocenters. The lowest BCUT2D eigenvalue weighted by molar-refractivity contribution is 0.884. The summed E-state index contributed by atoms with van der Waals surface area (Å²) in [7, 11) is 0. The van der Waals surface area contributed by atoms with Crippen molar-refractivity contribution in [3.63, 3.8) is 0 Å². The molecule has 0 bridgehead atoms. The van der Waals surface area contributed by atoms with Gasteiger partial charge in [0, 0.05) is 29.6 Å². The average Bonchev–Trinajstić information content (AvgIpc) is 2.93. The Hall–Kier alpha value is -2.55. The minimum Gasteiger partial charge on any atom is -0.380 e. The molecule has 0 saturated heterocycles. The van der Waals surface area contributed by atoms with Crippen LogP contribution in [0.4, 0.5) is 5.69 Å². The van der Waals surface area contributed by atoms with Crippen LogP contribution < -0.4 is 5.32 Å². The van der Waals surface area contributed by atoms with E-state index in [2.05, 4.69) is 41.8 Å². The Kier molecular flexibility index (Phi) is 2.18. The van der Waals surface area contributed by atoms with Crippen LogP contribution >= 0.6 is 0 Å². The van der Waals surface area contributed by atoms with Gasteiger partial charge in [0.25, 0.3) is 0 Å². The van der Waals surface area contributed by atoms with Gasteiger partial charge in [-0.05, 0) is 18.2 Å². The van der Waals surface area contributed by atoms with E-state index in [1.807, 2.05) is 28.9 Å². The molecule has 0 saturated carbocycles. The third-order valence-corrected chi connectivity index (χ3v) is 3.46. The van der Waals surface area contributed by atoms with Crippen molar-refractivity contribution >= 4 is 5.69 Å². The highest BCUT2D eigenvalue weighted by molar-refractivity contribution is 5.80. The zero-order valence-electron chi connectivity index (χ0n) is 10.4. The normalized spacial score (nSPS) is 12.4. The van der Waals surface area contributed by atoms with Crippen molar-refractivity contribution < 1.29 is 0 Å². The molecular weight excluding hydrogens is 234 g/mol. The first kappa shape index (κ1) is 10.4. The predicted octanol–water partition coefficient (Wildman–Crippen LogP) is 3.46. The van der Waals surface area contributed by atoms with Crippen LogP contribution in [0, 0.1) is 0 Å². The highest BCUT2D eigenvalue weighted by Gasteiger charge is 2.19. The molecule has 19 heavy (non-hydrogen) atoms. The first-order valence-electron chi connectivity index (χ1n) is 6.39. The monoisotopic (exact) mass is 247 g/mol. The summed E-state index contributed by atoms with van der Waals surface area (Å²) in [4.78, 5) is 0. The highest BCUT2D eigenvalue weighted by atomic mass is 15.3. The molecule has 3 heteroatoms. The number of hydrogen-bond acceptors (Lipinski definition) is 2. The van der Waals surface area contributed by atoms with Crippen molar-refractivity contribution in [2.24, 2.45) is 0 Å². The summed E-state index contributed by atoms with van der Waals surface area (Å²) in [5, 5.41) is 8.17. The molecule has 0 amide bonds. The van der Waals surface area contributed by atoms with Crippen LogP contribution in [0.1, 0.15) is 5.56 Å². The molecule has 3 aromatic rings. The van der Waals surface area contributed by atoms with Gasteiger partial charge < -0.3 is 5.32 Å². The molecule has 1 aromatic heterocycles. The molecule has 92 valence electrons. The number of benzene rings is 2. The van der Waals surface area contributed by atoms with E-state index >= 15 is 0 Å². The number of rotatable bonds is 1. The fourth-order valence-electron chi connectivity index (χ4n) is 2.51. The van der Waals surface area contributed by atoms with Crippen molar-refractivity contribution in [3.05, 3.63) is 66.4 Å². The van der Waals surface area contributed by atoms with Gasteiger partial charge in [-0.1, -0.05) is 36.4 Å². The topological polar surface area (TPSA) is 29.9 Å². The van der Waals surface area contributed by atoms with Crippen molar-refractivity contribution in [2.45, 2.75) is 6.54 Å². The summed E-state index contributed by atoms with van der Waals surface area (Å²) < 4.78 is 1.95. The Balaban J connectivity index is 1.88. The van der Waals surface area contributed by atoms with Crippen LogP contribution in [0.3, 0.4) is 0 Å². The van der Waals surface area contributed by atoms with Crippen LogP contribution in [0.5, 0.6) is 0 Å². The standard InChI is InChI=1S/C16H13N3/c1-2-6-13(7-3-1)19-11-12-10-17-15-9-5-4-8-14(15)16(12)18-19/h1-9,11,17H,10H2. The lowest BCUT2D eigenvalue weighted by atomic mass is 10.0. The molecule has 2 aromatic carbocycles. The molecule has 2 heterocycles. The van der Waals surface area contributed by atoms with Gasteiger partial charge in [0.15, 0.2) is 0 Å². The van der Waals surface area contributed by atoms with Crippen LogP contribution in [-0.2, 0) is 6.54 Å². The summed E-state index contributed by atoms with van der Waals surface area (Å²) in [6.45, 7) is 0.833. The molecule has 0 fully saturated rings. The second-order valence-corrected chi connectivity index (χ2v) is 4.68. The summed E-state index contributed by atoms with van der Waals surface area (Å²) in [6, 6.07) is 18.5. The van der Waals surface area contributed by atoms with Gasteiger partial charge in [-0.15, -0.1) is 0 Å². The molecule has 1 N–H and O–H groups in total. The second-order valence-electron chi connectivity index (χ2n) is 4.68. The summed E-state index contributed by atoms with van der Waals surface area (Å²) in [5.41, 5.74) is 5.75. The summed E-state index contributed by atoms with van der Waals surface area (Å²) in [5.74, 6) is 0. The number of aromatic nitrogens is 2. The van der Waals surface area contributed by atoms with E-state index in [1.165, 1.54) is 11.1 Å². The Morgan fingerprint density at radius 3 is 2.63 bits per heavy atom. The lowest BCUT2D eigenvalue weighted by Gasteiger charge is -2.16. The maximum absolute atomic E-state index is 4.74. The molecule has 0 radical (unpaired) electrons. The zero-order valence-corrected chi connectivity index (χ0v) is 10.4. The molecule has 1 aliphatic rings. The van der Waals surface area contributed by atoms with E-state index in [1.54, 1.807) is 0 Å². The van der Waals surface area contributed by atoms with Crippen molar-refractivity contribution in [3.8, 4) is 16.9 Å². The second kappa shape index (κ2) is 3.99. The van der Waals surface area contributed by atoms with Crippen molar-refractivity contribution in [2.75, 3.05) is 5.32 Å². The minimum atomic E-state index is 0.833. The Morgan fingerprint density at radius 2 is 1.74 bits per heavy atom. The van der Waals surface area contributed by atoms with E-state index < -0.39 is 0 Å². The zero-order chi connectivity index (χ0) is 12.7. The fourth-order valence-corrected chi connectivity index (χ4v) is 2.51. The largest absolute Gasteiger partial charge is 0.380 e. The molecule has 1 aliphatic heterocycles. The molecule has 4 rings (SSSR count). The van der Waals surface area contributed by atoms with Gasteiger partial charge in [0.05, 0.1) is 11.4 Å². The number of para-hydroxylation sites is 2. The van der Waals surface area contributed by atoms with Crippen molar-refractivity contribution in [1.82, 2.24) is 9.78 Å². The van der Waals surface area contributed by atoms with E-state index in [0.717, 1.165) is 23.6 Å². The maximum Gasteiger partial charge on any atom is 0.0998 e. The first-order valence-corrected chi connectivity index (χ1v) is 6.39. The van der Waals surface area contributed by atoms with Crippen molar-refractivity contribution in [1.29, 1.82) is 0 Å². The third-order valence-electron chi connectivity index (χ3n) is 3.46. The van der Waals surface area contributed by atoms with Crippen LogP contribution in [0.15, 0.2) is 60.8 Å². The molecule has 0 atom stereocenters. The highest BCUT2D eigenvalue weighted by Crippen LogP contribution is 2.34. The van der Waals surface area contributed by atoms with Gasteiger partial charge in [-0.2, -0.15) is 5.10 Å². The maximum atomic E-state index is 4.74. The number of hydrogen-bond donors (Lipinski definition) is 1. The lowest BCUT2D eigenvalue weighted by Crippen LogP contribution is -2.06. The van der Waals surface area contributed by atoms with Crippen LogP contribution in [-0.4, -0.2) is 9.78 Å². The van der Waals surface area contributed by atoms with E-state index in [9.17, 15) is 0 Å². The quantitative estimate of drug-likeness (QED) is 0.713.